The van der Waals surface area contributed by atoms with E-state index in [-0.39, 0.29) is 18.6 Å². The number of carbonyl (C=O) groups is 2. The molecule has 0 aromatic carbocycles. The predicted molar refractivity (Wildman–Crippen MR) is 65.4 cm³/mol. The lowest BCUT2D eigenvalue weighted by Crippen LogP contribution is -2.25. The van der Waals surface area contributed by atoms with E-state index in [0.29, 0.717) is 5.92 Å². The first-order valence-corrected chi connectivity index (χ1v) is 6.06. The zero-order chi connectivity index (χ0) is 13.5. The molecule has 0 aromatic heterocycles. The molecule has 0 fully saturated rings. The number of hydrogen-bond donors (Lipinski definition) is 0. The van der Waals surface area contributed by atoms with E-state index in [1.54, 1.807) is 0 Å². The van der Waals surface area contributed by atoms with Gasteiger partial charge in [0.15, 0.2) is 0 Å². The Labute approximate surface area is 104 Å². The summed E-state index contributed by atoms with van der Waals surface area (Å²) in [4.78, 5) is 22.4. The first kappa shape index (κ1) is 15.9. The van der Waals surface area contributed by atoms with Gasteiger partial charge in [-0.15, -0.1) is 0 Å². The molecule has 0 saturated carbocycles. The van der Waals surface area contributed by atoms with Crippen LogP contribution < -0.4 is 0 Å². The average Bonchev–Trinajstić information content (AvgIpc) is 2.19. The fourth-order valence-electron chi connectivity index (χ4n) is 1.06. The third-order valence-electron chi connectivity index (χ3n) is 1.96. The molecule has 0 amide bonds. The SMILES string of the molecule is CC(C)CCCOC(=O)C(=O)OCC(C)(C)C. The Morgan fingerprint density at radius 2 is 1.59 bits per heavy atom. The minimum atomic E-state index is -0.899. The Balaban J connectivity index is 3.72. The molecule has 0 aliphatic rings. The molecule has 0 rings (SSSR count). The normalized spacial score (nSPS) is 11.4. The second-order valence-corrected chi connectivity index (χ2v) is 5.81. The molecule has 0 heterocycles. The zero-order valence-electron chi connectivity index (χ0n) is 11.5. The summed E-state index contributed by atoms with van der Waals surface area (Å²) in [5, 5.41) is 0. The Bertz CT molecular complexity index is 251. The molecule has 100 valence electrons. The summed E-state index contributed by atoms with van der Waals surface area (Å²) < 4.78 is 9.64. The fraction of sp³-hybridized carbons (Fsp3) is 0.846. The third-order valence-corrected chi connectivity index (χ3v) is 1.96. The standard InChI is InChI=1S/C13H24O4/c1-10(2)7-6-8-16-11(14)12(15)17-9-13(3,4)5/h10H,6-9H2,1-5H3. The lowest BCUT2D eigenvalue weighted by molar-refractivity contribution is -0.169. The summed E-state index contributed by atoms with van der Waals surface area (Å²) in [5.41, 5.74) is -0.145. The molecule has 0 aromatic rings. The summed E-state index contributed by atoms with van der Waals surface area (Å²) in [6.07, 6.45) is 1.75. The minimum Gasteiger partial charge on any atom is -0.457 e. The number of ether oxygens (including phenoxy) is 2. The van der Waals surface area contributed by atoms with Crippen LogP contribution in [0.2, 0.25) is 0 Å². The number of rotatable bonds is 5. The van der Waals surface area contributed by atoms with Crippen LogP contribution in [-0.2, 0) is 19.1 Å². The minimum absolute atomic E-state index is 0.145. The second-order valence-electron chi connectivity index (χ2n) is 5.81. The Morgan fingerprint density at radius 3 is 2.06 bits per heavy atom. The lowest BCUT2D eigenvalue weighted by atomic mass is 9.99. The molecule has 17 heavy (non-hydrogen) atoms. The van der Waals surface area contributed by atoms with Gasteiger partial charge in [-0.2, -0.15) is 0 Å². The number of carbonyl (C=O) groups excluding carboxylic acids is 2. The highest BCUT2D eigenvalue weighted by atomic mass is 16.6. The summed E-state index contributed by atoms with van der Waals surface area (Å²) in [5.74, 6) is -1.22. The van der Waals surface area contributed by atoms with Gasteiger partial charge in [0.2, 0.25) is 0 Å². The van der Waals surface area contributed by atoms with Crippen LogP contribution in [0.25, 0.3) is 0 Å². The van der Waals surface area contributed by atoms with Crippen LogP contribution in [0.15, 0.2) is 0 Å². The van der Waals surface area contributed by atoms with Gasteiger partial charge in [-0.3, -0.25) is 0 Å². The highest BCUT2D eigenvalue weighted by molar-refractivity contribution is 6.29. The first-order valence-electron chi connectivity index (χ1n) is 6.06. The van der Waals surface area contributed by atoms with Crippen molar-refractivity contribution in [3.05, 3.63) is 0 Å². The quantitative estimate of drug-likeness (QED) is 0.423. The van der Waals surface area contributed by atoms with E-state index < -0.39 is 11.9 Å². The molecule has 0 unspecified atom stereocenters. The molecular formula is C13H24O4. The van der Waals surface area contributed by atoms with Crippen LogP contribution >= 0.6 is 0 Å². The van der Waals surface area contributed by atoms with Gasteiger partial charge in [0.05, 0.1) is 13.2 Å². The molecule has 0 radical (unpaired) electrons. The summed E-state index contributed by atoms with van der Waals surface area (Å²) in [6, 6.07) is 0. The predicted octanol–water partition coefficient (Wildman–Crippen LogP) is 2.56. The Hall–Kier alpha value is -1.06. The van der Waals surface area contributed by atoms with Gasteiger partial charge in [-0.25, -0.2) is 9.59 Å². The maximum absolute atomic E-state index is 11.2. The average molecular weight is 244 g/mol. The van der Waals surface area contributed by atoms with Crippen LogP contribution in [0.4, 0.5) is 0 Å². The summed E-state index contributed by atoms with van der Waals surface area (Å²) in [6.45, 7) is 10.5. The van der Waals surface area contributed by atoms with Gasteiger partial charge in [-0.1, -0.05) is 34.6 Å². The number of hydrogen-bond acceptors (Lipinski definition) is 4. The van der Waals surface area contributed by atoms with Gasteiger partial charge in [0.1, 0.15) is 0 Å². The molecule has 0 aliphatic heterocycles. The molecular weight excluding hydrogens is 220 g/mol. The van der Waals surface area contributed by atoms with E-state index in [1.807, 2.05) is 20.8 Å². The van der Waals surface area contributed by atoms with Crippen molar-refractivity contribution in [1.29, 1.82) is 0 Å². The van der Waals surface area contributed by atoms with E-state index >= 15 is 0 Å². The van der Waals surface area contributed by atoms with Gasteiger partial charge >= 0.3 is 11.9 Å². The van der Waals surface area contributed by atoms with Crippen molar-refractivity contribution in [2.24, 2.45) is 11.3 Å². The van der Waals surface area contributed by atoms with E-state index in [9.17, 15) is 9.59 Å². The van der Waals surface area contributed by atoms with Gasteiger partial charge < -0.3 is 9.47 Å². The fourth-order valence-corrected chi connectivity index (χ4v) is 1.06. The van der Waals surface area contributed by atoms with Crippen molar-refractivity contribution in [2.45, 2.75) is 47.5 Å². The van der Waals surface area contributed by atoms with Crippen molar-refractivity contribution in [3.8, 4) is 0 Å². The largest absolute Gasteiger partial charge is 0.457 e. The van der Waals surface area contributed by atoms with Crippen LogP contribution in [0.1, 0.15) is 47.5 Å². The monoisotopic (exact) mass is 244 g/mol. The Kier molecular flexibility index (Phi) is 6.85. The van der Waals surface area contributed by atoms with Gasteiger partial charge in [0.25, 0.3) is 0 Å². The summed E-state index contributed by atoms with van der Waals surface area (Å²) in [7, 11) is 0. The van der Waals surface area contributed by atoms with E-state index in [0.717, 1.165) is 12.8 Å². The van der Waals surface area contributed by atoms with Crippen molar-refractivity contribution >= 4 is 11.9 Å². The van der Waals surface area contributed by atoms with Crippen LogP contribution in [-0.4, -0.2) is 25.2 Å². The Morgan fingerprint density at radius 1 is 1.06 bits per heavy atom. The first-order chi connectivity index (χ1) is 7.72. The van der Waals surface area contributed by atoms with Gasteiger partial charge in [-0.05, 0) is 24.2 Å². The number of esters is 2. The molecule has 0 atom stereocenters. The maximum Gasteiger partial charge on any atom is 0.417 e. The lowest BCUT2D eigenvalue weighted by Gasteiger charge is -2.17. The van der Waals surface area contributed by atoms with E-state index in [2.05, 4.69) is 13.8 Å². The molecule has 0 N–H and O–H groups in total. The van der Waals surface area contributed by atoms with Gasteiger partial charge in [0, 0.05) is 0 Å². The van der Waals surface area contributed by atoms with Crippen LogP contribution in [0.5, 0.6) is 0 Å². The molecule has 0 aliphatic carbocycles. The highest BCUT2D eigenvalue weighted by Gasteiger charge is 2.20. The second kappa shape index (κ2) is 7.30. The van der Waals surface area contributed by atoms with E-state index in [1.165, 1.54) is 0 Å². The van der Waals surface area contributed by atoms with Crippen molar-refractivity contribution in [3.63, 3.8) is 0 Å². The summed E-state index contributed by atoms with van der Waals surface area (Å²) >= 11 is 0. The van der Waals surface area contributed by atoms with Crippen molar-refractivity contribution in [1.82, 2.24) is 0 Å². The van der Waals surface area contributed by atoms with Crippen LogP contribution in [0.3, 0.4) is 0 Å². The van der Waals surface area contributed by atoms with Crippen LogP contribution in [0, 0.1) is 11.3 Å². The molecule has 0 saturated heterocycles. The third kappa shape index (κ3) is 9.85. The smallest absolute Gasteiger partial charge is 0.417 e. The van der Waals surface area contributed by atoms with Crippen molar-refractivity contribution in [2.75, 3.05) is 13.2 Å². The topological polar surface area (TPSA) is 52.6 Å². The molecule has 0 bridgehead atoms. The molecule has 4 heteroatoms. The molecule has 4 nitrogen and oxygen atoms in total. The maximum atomic E-state index is 11.2. The van der Waals surface area contributed by atoms with E-state index in [4.69, 9.17) is 9.47 Å². The zero-order valence-corrected chi connectivity index (χ0v) is 11.5. The highest BCUT2D eigenvalue weighted by Crippen LogP contribution is 2.13. The van der Waals surface area contributed by atoms with Crippen molar-refractivity contribution < 1.29 is 19.1 Å². The molecule has 0 spiro atoms.